The summed E-state index contributed by atoms with van der Waals surface area (Å²) in [6, 6.07) is 6.52. The summed E-state index contributed by atoms with van der Waals surface area (Å²) in [5.41, 5.74) is 7.21. The highest BCUT2D eigenvalue weighted by Gasteiger charge is 2.36. The number of furan rings is 1. The lowest BCUT2D eigenvalue weighted by molar-refractivity contribution is 0.0534. The first-order chi connectivity index (χ1) is 12.7. The summed E-state index contributed by atoms with van der Waals surface area (Å²) in [6.07, 6.45) is 2.19. The third-order valence-corrected chi connectivity index (χ3v) is 5.40. The largest absolute Gasteiger partial charge is 0.469 e. The van der Waals surface area contributed by atoms with Crippen molar-refractivity contribution >= 4 is 41.5 Å². The number of piperidine rings is 1. The van der Waals surface area contributed by atoms with Gasteiger partial charge in [-0.25, -0.2) is 0 Å². The van der Waals surface area contributed by atoms with E-state index < -0.39 is 0 Å². The fourth-order valence-electron chi connectivity index (χ4n) is 3.33. The summed E-state index contributed by atoms with van der Waals surface area (Å²) in [5.74, 6) is 0.0126. The number of nitrogens with zero attached hydrogens (tertiary/aromatic N) is 1. The molecular formula is C20H25Cl2N3O3. The molecule has 1 aromatic carbocycles. The molecule has 2 aromatic rings. The molecule has 0 aliphatic carbocycles. The van der Waals surface area contributed by atoms with E-state index in [4.69, 9.17) is 21.8 Å². The van der Waals surface area contributed by atoms with Crippen LogP contribution >= 0.6 is 24.0 Å². The molecule has 2 heterocycles. The Morgan fingerprint density at radius 3 is 2.61 bits per heavy atom. The van der Waals surface area contributed by atoms with Gasteiger partial charge in [0.15, 0.2) is 0 Å². The van der Waals surface area contributed by atoms with E-state index in [-0.39, 0.29) is 35.7 Å². The van der Waals surface area contributed by atoms with Gasteiger partial charge in [0, 0.05) is 24.2 Å². The van der Waals surface area contributed by atoms with E-state index in [1.165, 1.54) is 6.26 Å². The molecule has 1 fully saturated rings. The minimum Gasteiger partial charge on any atom is -0.469 e. The second-order valence-electron chi connectivity index (χ2n) is 7.64. The van der Waals surface area contributed by atoms with Crippen LogP contribution in [0.5, 0.6) is 0 Å². The van der Waals surface area contributed by atoms with E-state index in [0.29, 0.717) is 40.7 Å². The molecule has 1 aromatic heterocycles. The minimum atomic E-state index is -0.349. The molecule has 1 aliphatic heterocycles. The maximum absolute atomic E-state index is 13.1. The van der Waals surface area contributed by atoms with Crippen LogP contribution in [0.25, 0.3) is 0 Å². The molecule has 28 heavy (non-hydrogen) atoms. The van der Waals surface area contributed by atoms with Crippen molar-refractivity contribution in [3.63, 3.8) is 0 Å². The number of hydrogen-bond acceptors (Lipinski definition) is 4. The predicted octanol–water partition coefficient (Wildman–Crippen LogP) is 4.11. The number of benzene rings is 1. The van der Waals surface area contributed by atoms with E-state index in [0.717, 1.165) is 6.42 Å². The predicted molar refractivity (Wildman–Crippen MR) is 112 cm³/mol. The molecule has 0 spiro atoms. The number of carbonyl (C=O) groups excluding carboxylic acids is 2. The zero-order valence-corrected chi connectivity index (χ0v) is 17.7. The zero-order chi connectivity index (χ0) is 19.8. The second-order valence-corrected chi connectivity index (χ2v) is 8.08. The van der Waals surface area contributed by atoms with Gasteiger partial charge in [-0.2, -0.15) is 0 Å². The van der Waals surface area contributed by atoms with Crippen molar-refractivity contribution < 1.29 is 14.0 Å². The van der Waals surface area contributed by atoms with Gasteiger partial charge in [0.05, 0.1) is 23.1 Å². The normalized spacial score (nSPS) is 18.3. The first kappa shape index (κ1) is 22.3. The SMILES string of the molecule is Cc1occc1C(=O)Nc1cc(Cl)ccc1C(=O)N1CCC(N)C(C)(C)C1.Cl. The number of amides is 2. The Hall–Kier alpha value is -2.02. The fraction of sp³-hybridized carbons (Fsp3) is 0.400. The Kier molecular flexibility index (Phi) is 6.80. The smallest absolute Gasteiger partial charge is 0.259 e. The molecule has 1 atom stereocenters. The van der Waals surface area contributed by atoms with Gasteiger partial charge in [-0.1, -0.05) is 25.4 Å². The molecule has 8 heteroatoms. The van der Waals surface area contributed by atoms with Gasteiger partial charge >= 0.3 is 0 Å². The summed E-state index contributed by atoms with van der Waals surface area (Å²) in [6.45, 7) is 6.97. The third kappa shape index (κ3) is 4.51. The summed E-state index contributed by atoms with van der Waals surface area (Å²) in [4.78, 5) is 27.5. The van der Waals surface area contributed by atoms with Gasteiger partial charge < -0.3 is 20.4 Å². The monoisotopic (exact) mass is 425 g/mol. The fourth-order valence-corrected chi connectivity index (χ4v) is 3.51. The molecule has 1 saturated heterocycles. The summed E-state index contributed by atoms with van der Waals surface area (Å²) in [7, 11) is 0. The number of anilines is 1. The highest BCUT2D eigenvalue weighted by molar-refractivity contribution is 6.31. The quantitative estimate of drug-likeness (QED) is 0.773. The van der Waals surface area contributed by atoms with Gasteiger partial charge in [0.2, 0.25) is 0 Å². The molecular weight excluding hydrogens is 401 g/mol. The van der Waals surface area contributed by atoms with E-state index in [9.17, 15) is 9.59 Å². The van der Waals surface area contributed by atoms with Crippen LogP contribution in [0, 0.1) is 12.3 Å². The van der Waals surface area contributed by atoms with Crippen molar-refractivity contribution in [3.8, 4) is 0 Å². The molecule has 2 amide bonds. The van der Waals surface area contributed by atoms with Crippen LogP contribution < -0.4 is 11.1 Å². The molecule has 3 N–H and O–H groups in total. The third-order valence-electron chi connectivity index (χ3n) is 5.16. The first-order valence-electron chi connectivity index (χ1n) is 8.89. The van der Waals surface area contributed by atoms with Gasteiger partial charge in [-0.05, 0) is 43.0 Å². The molecule has 0 bridgehead atoms. The molecule has 1 aliphatic rings. The van der Waals surface area contributed by atoms with Gasteiger partial charge in [0.25, 0.3) is 11.8 Å². The topological polar surface area (TPSA) is 88.6 Å². The van der Waals surface area contributed by atoms with Crippen molar-refractivity contribution in [3.05, 3.63) is 52.4 Å². The Balaban J connectivity index is 0.00000280. The van der Waals surface area contributed by atoms with E-state index in [1.54, 1.807) is 36.1 Å². The van der Waals surface area contributed by atoms with Crippen molar-refractivity contribution in [2.24, 2.45) is 11.1 Å². The zero-order valence-electron chi connectivity index (χ0n) is 16.1. The number of hydrogen-bond donors (Lipinski definition) is 2. The van der Waals surface area contributed by atoms with Crippen molar-refractivity contribution in [1.82, 2.24) is 4.90 Å². The minimum absolute atomic E-state index is 0. The second kappa shape index (κ2) is 8.55. The van der Waals surface area contributed by atoms with Gasteiger partial charge in [-0.15, -0.1) is 12.4 Å². The lowest BCUT2D eigenvalue weighted by Gasteiger charge is -2.42. The molecule has 0 saturated carbocycles. The Morgan fingerprint density at radius 2 is 2.00 bits per heavy atom. The van der Waals surface area contributed by atoms with Crippen LogP contribution in [-0.4, -0.2) is 35.8 Å². The summed E-state index contributed by atoms with van der Waals surface area (Å²) >= 11 is 6.10. The molecule has 152 valence electrons. The van der Waals surface area contributed by atoms with Crippen LogP contribution in [-0.2, 0) is 0 Å². The average Bonchev–Trinajstić information content (AvgIpc) is 3.03. The lowest BCUT2D eigenvalue weighted by atomic mass is 9.79. The Labute approximate surface area is 175 Å². The van der Waals surface area contributed by atoms with E-state index in [2.05, 4.69) is 19.2 Å². The highest BCUT2D eigenvalue weighted by atomic mass is 35.5. The number of halogens is 2. The van der Waals surface area contributed by atoms with Crippen molar-refractivity contribution in [2.75, 3.05) is 18.4 Å². The molecule has 3 rings (SSSR count). The maximum Gasteiger partial charge on any atom is 0.259 e. The van der Waals surface area contributed by atoms with Crippen LogP contribution in [0.4, 0.5) is 5.69 Å². The Morgan fingerprint density at radius 1 is 1.29 bits per heavy atom. The van der Waals surface area contributed by atoms with Crippen molar-refractivity contribution in [2.45, 2.75) is 33.2 Å². The standard InChI is InChI=1S/C20H24ClN3O3.ClH/c1-12-14(7-9-27-12)18(25)23-16-10-13(21)4-5-15(16)19(26)24-8-6-17(22)20(2,3)11-24;/h4-5,7,9-10,17H,6,8,11,22H2,1-3H3,(H,23,25);1H. The molecule has 1 unspecified atom stereocenters. The maximum atomic E-state index is 13.1. The number of carbonyl (C=O) groups is 2. The highest BCUT2D eigenvalue weighted by Crippen LogP contribution is 2.30. The van der Waals surface area contributed by atoms with Gasteiger partial charge in [-0.3, -0.25) is 9.59 Å². The Bertz CT molecular complexity index is 879. The average molecular weight is 426 g/mol. The van der Waals surface area contributed by atoms with E-state index >= 15 is 0 Å². The lowest BCUT2D eigenvalue weighted by Crippen LogP contribution is -2.54. The number of nitrogens with one attached hydrogen (secondary N) is 1. The van der Waals surface area contributed by atoms with Crippen molar-refractivity contribution in [1.29, 1.82) is 0 Å². The number of rotatable bonds is 3. The summed E-state index contributed by atoms with van der Waals surface area (Å²) in [5, 5.41) is 3.23. The number of nitrogens with two attached hydrogens (primary N) is 1. The molecule has 0 radical (unpaired) electrons. The summed E-state index contributed by atoms with van der Waals surface area (Å²) < 4.78 is 5.18. The number of likely N-dealkylation sites (tertiary alicyclic amines) is 1. The van der Waals surface area contributed by atoms with Crippen LogP contribution in [0.3, 0.4) is 0 Å². The number of aryl methyl sites for hydroxylation is 1. The van der Waals surface area contributed by atoms with Crippen LogP contribution in [0.1, 0.15) is 46.7 Å². The first-order valence-corrected chi connectivity index (χ1v) is 9.26. The van der Waals surface area contributed by atoms with E-state index in [1.807, 2.05) is 0 Å². The van der Waals surface area contributed by atoms with Crippen LogP contribution in [0.2, 0.25) is 5.02 Å². The van der Waals surface area contributed by atoms with Crippen LogP contribution in [0.15, 0.2) is 34.9 Å². The molecule has 6 nitrogen and oxygen atoms in total. The van der Waals surface area contributed by atoms with Gasteiger partial charge in [0.1, 0.15) is 5.76 Å².